The smallest absolute Gasteiger partial charge is 0.0224 e. The highest BCUT2D eigenvalue weighted by Gasteiger charge is 2.00. The molecule has 1 aliphatic heterocycles. The summed E-state index contributed by atoms with van der Waals surface area (Å²) in [6.45, 7) is 6.53. The highest BCUT2D eigenvalue weighted by molar-refractivity contribution is 4.91. The number of hydrogen-bond acceptors (Lipinski definition) is 1. The molecular weight excluding hydrogens is 98.1 g/mol. The second-order valence-corrected chi connectivity index (χ2v) is 2.01. The molecule has 0 aromatic rings. The van der Waals surface area contributed by atoms with E-state index < -0.39 is 0 Å². The maximum absolute atomic E-state index is 2.31. The van der Waals surface area contributed by atoms with Crippen LogP contribution in [0.1, 0.15) is 13.3 Å². The first-order valence-electron chi connectivity index (χ1n) is 3.12. The Balaban J connectivity index is 2.27. The highest BCUT2D eigenvalue weighted by Crippen LogP contribution is 2.01. The van der Waals surface area contributed by atoms with Gasteiger partial charge >= 0.3 is 0 Å². The Morgan fingerprint density at radius 3 is 2.75 bits per heavy atom. The lowest BCUT2D eigenvalue weighted by Crippen LogP contribution is -2.22. The Hall–Kier alpha value is -0.300. The number of hydrogen-bond donors (Lipinski definition) is 0. The van der Waals surface area contributed by atoms with Crippen molar-refractivity contribution >= 4 is 0 Å². The summed E-state index contributed by atoms with van der Waals surface area (Å²) in [6, 6.07) is 0. The Morgan fingerprint density at radius 1 is 1.50 bits per heavy atom. The molecule has 0 aromatic heterocycles. The van der Waals surface area contributed by atoms with E-state index in [1.54, 1.807) is 0 Å². The zero-order chi connectivity index (χ0) is 5.82. The third-order valence-corrected chi connectivity index (χ3v) is 1.45. The molecule has 0 fully saturated rings. The minimum atomic E-state index is 1.11. The Labute approximate surface area is 51.0 Å². The van der Waals surface area contributed by atoms with Crippen LogP contribution in [0.4, 0.5) is 0 Å². The zero-order valence-corrected chi connectivity index (χ0v) is 5.30. The zero-order valence-electron chi connectivity index (χ0n) is 5.30. The first kappa shape index (κ1) is 5.83. The predicted octanol–water partition coefficient (Wildman–Crippen LogP) is 1.43. The van der Waals surface area contributed by atoms with Gasteiger partial charge in [0, 0.05) is 19.6 Å². The molecule has 1 heterocycles. The average molecular weight is 110 g/mol. The van der Waals surface area contributed by atoms with Gasteiger partial charge in [0.25, 0.3) is 0 Å². The van der Waals surface area contributed by atoms with Crippen molar-refractivity contribution in [3.05, 3.63) is 18.7 Å². The molecule has 0 bridgehead atoms. The molecule has 1 heteroatoms. The van der Waals surface area contributed by atoms with Crippen LogP contribution in [0.15, 0.2) is 12.2 Å². The first-order chi connectivity index (χ1) is 3.93. The molecular formula is C7H12N. The summed E-state index contributed by atoms with van der Waals surface area (Å²) in [5.74, 6) is 0. The monoisotopic (exact) mass is 110 g/mol. The molecule has 1 aliphatic rings. The van der Waals surface area contributed by atoms with Crippen molar-refractivity contribution < 1.29 is 0 Å². The molecule has 0 aromatic carbocycles. The van der Waals surface area contributed by atoms with Gasteiger partial charge in [-0.1, -0.05) is 12.2 Å². The Bertz CT molecular complexity index is 86.4. The van der Waals surface area contributed by atoms with Crippen molar-refractivity contribution in [3.8, 4) is 0 Å². The molecule has 0 aliphatic carbocycles. The fraction of sp³-hybridized carbons (Fsp3) is 0.571. The Morgan fingerprint density at radius 2 is 2.38 bits per heavy atom. The largest absolute Gasteiger partial charge is 0.295 e. The van der Waals surface area contributed by atoms with Crippen molar-refractivity contribution in [1.82, 2.24) is 4.90 Å². The molecule has 1 rings (SSSR count). The topological polar surface area (TPSA) is 3.24 Å². The maximum atomic E-state index is 2.31. The molecule has 0 saturated carbocycles. The van der Waals surface area contributed by atoms with Gasteiger partial charge in [0.15, 0.2) is 0 Å². The standard InChI is InChI=1S/C7H12N/c1-2-8-6-4-3-5-7-8/h2-4H,5-7H2,1H3. The van der Waals surface area contributed by atoms with E-state index in [4.69, 9.17) is 0 Å². The summed E-state index contributed by atoms with van der Waals surface area (Å²) < 4.78 is 0. The fourth-order valence-corrected chi connectivity index (χ4v) is 0.894. The molecule has 0 atom stereocenters. The lowest BCUT2D eigenvalue weighted by Gasteiger charge is -2.19. The lowest BCUT2D eigenvalue weighted by molar-refractivity contribution is 0.368. The van der Waals surface area contributed by atoms with Crippen LogP contribution < -0.4 is 0 Å². The second-order valence-electron chi connectivity index (χ2n) is 2.01. The van der Waals surface area contributed by atoms with Crippen LogP contribution in [0.3, 0.4) is 0 Å². The van der Waals surface area contributed by atoms with Crippen molar-refractivity contribution in [2.24, 2.45) is 0 Å². The minimum Gasteiger partial charge on any atom is -0.295 e. The van der Waals surface area contributed by atoms with Gasteiger partial charge in [0.05, 0.1) is 0 Å². The summed E-state index contributed by atoms with van der Waals surface area (Å²) >= 11 is 0. The third-order valence-electron chi connectivity index (χ3n) is 1.45. The van der Waals surface area contributed by atoms with Gasteiger partial charge in [0.2, 0.25) is 0 Å². The predicted molar refractivity (Wildman–Crippen MR) is 35.3 cm³/mol. The third kappa shape index (κ3) is 1.34. The van der Waals surface area contributed by atoms with Gasteiger partial charge < -0.3 is 0 Å². The van der Waals surface area contributed by atoms with Crippen molar-refractivity contribution in [1.29, 1.82) is 0 Å². The van der Waals surface area contributed by atoms with E-state index >= 15 is 0 Å². The highest BCUT2D eigenvalue weighted by atomic mass is 15.1. The molecule has 0 spiro atoms. The van der Waals surface area contributed by atoms with E-state index in [-0.39, 0.29) is 0 Å². The van der Waals surface area contributed by atoms with Crippen LogP contribution in [0.25, 0.3) is 0 Å². The number of nitrogens with zero attached hydrogens (tertiary/aromatic N) is 1. The van der Waals surface area contributed by atoms with Crippen LogP contribution in [0.5, 0.6) is 0 Å². The van der Waals surface area contributed by atoms with E-state index in [2.05, 4.69) is 30.5 Å². The summed E-state index contributed by atoms with van der Waals surface area (Å²) in [5, 5.41) is 0. The second kappa shape index (κ2) is 2.88. The summed E-state index contributed by atoms with van der Waals surface area (Å²) in [6.07, 6.45) is 5.66. The van der Waals surface area contributed by atoms with Gasteiger partial charge in [-0.15, -0.1) is 0 Å². The molecule has 0 N–H and O–H groups in total. The fourth-order valence-electron chi connectivity index (χ4n) is 0.894. The Kier molecular flexibility index (Phi) is 2.10. The molecule has 1 radical (unpaired) electrons. The first-order valence-corrected chi connectivity index (χ1v) is 3.12. The van der Waals surface area contributed by atoms with Crippen LogP contribution in [-0.2, 0) is 0 Å². The van der Waals surface area contributed by atoms with E-state index in [1.807, 2.05) is 0 Å². The normalized spacial score (nSPS) is 21.6. The summed E-state index contributed by atoms with van der Waals surface area (Å²) in [4.78, 5) is 2.31. The summed E-state index contributed by atoms with van der Waals surface area (Å²) in [7, 11) is 0. The van der Waals surface area contributed by atoms with Gasteiger partial charge in [-0.25, -0.2) is 0 Å². The van der Waals surface area contributed by atoms with Crippen LogP contribution in [-0.4, -0.2) is 18.0 Å². The van der Waals surface area contributed by atoms with Crippen LogP contribution in [0.2, 0.25) is 0 Å². The quantitative estimate of drug-likeness (QED) is 0.461. The van der Waals surface area contributed by atoms with Gasteiger partial charge in [-0.2, -0.15) is 0 Å². The van der Waals surface area contributed by atoms with Crippen molar-refractivity contribution in [2.45, 2.75) is 13.3 Å². The molecule has 0 amide bonds. The summed E-state index contributed by atoms with van der Waals surface area (Å²) in [5.41, 5.74) is 0. The lowest BCUT2D eigenvalue weighted by atomic mass is 10.2. The van der Waals surface area contributed by atoms with Gasteiger partial charge in [-0.05, 0) is 13.3 Å². The van der Waals surface area contributed by atoms with Crippen molar-refractivity contribution in [3.63, 3.8) is 0 Å². The minimum absolute atomic E-state index is 1.11. The van der Waals surface area contributed by atoms with E-state index in [1.165, 1.54) is 13.0 Å². The van der Waals surface area contributed by atoms with Crippen LogP contribution in [0, 0.1) is 6.54 Å². The average Bonchev–Trinajstić information content (AvgIpc) is 1.90. The molecule has 45 valence electrons. The van der Waals surface area contributed by atoms with Crippen LogP contribution >= 0.6 is 0 Å². The SMILES string of the molecule is C[CH]N1CC=CCC1. The van der Waals surface area contributed by atoms with E-state index in [0.29, 0.717) is 0 Å². The van der Waals surface area contributed by atoms with Crippen molar-refractivity contribution in [2.75, 3.05) is 13.1 Å². The maximum Gasteiger partial charge on any atom is 0.0224 e. The molecule has 1 nitrogen and oxygen atoms in total. The molecule has 0 saturated heterocycles. The van der Waals surface area contributed by atoms with Gasteiger partial charge in [0.1, 0.15) is 0 Å². The molecule has 8 heavy (non-hydrogen) atoms. The van der Waals surface area contributed by atoms with E-state index in [9.17, 15) is 0 Å². The van der Waals surface area contributed by atoms with E-state index in [0.717, 1.165) is 6.54 Å². The molecule has 0 unspecified atom stereocenters. The number of rotatable bonds is 1. The van der Waals surface area contributed by atoms with Gasteiger partial charge in [-0.3, -0.25) is 4.90 Å².